The molecule has 8 heteroatoms. The molecule has 2 amide bonds. The van der Waals surface area contributed by atoms with Crippen LogP contribution in [0.5, 0.6) is 5.75 Å². The van der Waals surface area contributed by atoms with Crippen molar-refractivity contribution in [1.29, 1.82) is 0 Å². The summed E-state index contributed by atoms with van der Waals surface area (Å²) < 4.78 is 11.1. The molecule has 0 spiro atoms. The molecule has 1 unspecified atom stereocenters. The maximum atomic E-state index is 12.6. The molecular formula is C25H24N2O5S. The molecule has 33 heavy (non-hydrogen) atoms. The predicted molar refractivity (Wildman–Crippen MR) is 127 cm³/mol. The molecule has 0 saturated carbocycles. The van der Waals surface area contributed by atoms with Crippen LogP contribution in [0.25, 0.3) is 10.4 Å². The van der Waals surface area contributed by atoms with Crippen LogP contribution in [0.2, 0.25) is 0 Å². The monoisotopic (exact) mass is 464 g/mol. The standard InChI is InChI=1S/C25H24N2O5S/c1-14-7-6-8-15(2)22(14)27-21(28)12-26-24(29)16(3)32-25(30)20-11-17-13-31-19-10-5-4-9-18(19)23(17)33-20/h4-11,16H,12-13H2,1-3H3,(H,26,29)(H,27,28). The summed E-state index contributed by atoms with van der Waals surface area (Å²) in [6.45, 7) is 5.42. The Labute approximate surface area is 195 Å². The van der Waals surface area contributed by atoms with Gasteiger partial charge in [0.05, 0.1) is 6.54 Å². The summed E-state index contributed by atoms with van der Waals surface area (Å²) in [4.78, 5) is 38.6. The zero-order chi connectivity index (χ0) is 23.5. The minimum Gasteiger partial charge on any atom is -0.488 e. The third kappa shape index (κ3) is 4.90. The van der Waals surface area contributed by atoms with Gasteiger partial charge in [0.15, 0.2) is 6.10 Å². The van der Waals surface area contributed by atoms with Gasteiger partial charge in [0, 0.05) is 21.7 Å². The lowest BCUT2D eigenvalue weighted by atomic mass is 10.1. The topological polar surface area (TPSA) is 93.7 Å². The molecule has 1 aliphatic rings. The van der Waals surface area contributed by atoms with Gasteiger partial charge < -0.3 is 20.1 Å². The molecular weight excluding hydrogens is 440 g/mol. The molecule has 1 atom stereocenters. The second kappa shape index (κ2) is 9.46. The van der Waals surface area contributed by atoms with E-state index in [1.54, 1.807) is 6.07 Å². The number of anilines is 1. The highest BCUT2D eigenvalue weighted by molar-refractivity contribution is 7.17. The molecule has 2 N–H and O–H groups in total. The number of rotatable bonds is 6. The summed E-state index contributed by atoms with van der Waals surface area (Å²) in [5, 5.41) is 5.32. The lowest BCUT2D eigenvalue weighted by molar-refractivity contribution is -0.130. The van der Waals surface area contributed by atoms with Crippen molar-refractivity contribution >= 4 is 34.8 Å². The molecule has 170 valence electrons. The summed E-state index contributed by atoms with van der Waals surface area (Å²) in [5.41, 5.74) is 4.44. The van der Waals surface area contributed by atoms with Crippen molar-refractivity contribution in [2.45, 2.75) is 33.5 Å². The molecule has 7 nitrogen and oxygen atoms in total. The second-order valence-electron chi connectivity index (χ2n) is 7.83. The van der Waals surface area contributed by atoms with Gasteiger partial charge in [-0.05, 0) is 50.1 Å². The highest BCUT2D eigenvalue weighted by Gasteiger charge is 2.25. The van der Waals surface area contributed by atoms with Crippen molar-refractivity contribution in [3.8, 4) is 16.2 Å². The Morgan fingerprint density at radius 1 is 1.09 bits per heavy atom. The molecule has 0 aliphatic carbocycles. The van der Waals surface area contributed by atoms with Crippen LogP contribution in [0.3, 0.4) is 0 Å². The van der Waals surface area contributed by atoms with Gasteiger partial charge in [0.1, 0.15) is 17.2 Å². The average Bonchev–Trinajstić information content (AvgIpc) is 3.25. The predicted octanol–water partition coefficient (Wildman–Crippen LogP) is 4.22. The van der Waals surface area contributed by atoms with Gasteiger partial charge >= 0.3 is 5.97 Å². The largest absolute Gasteiger partial charge is 0.488 e. The van der Waals surface area contributed by atoms with E-state index < -0.39 is 18.0 Å². The molecule has 0 fully saturated rings. The molecule has 0 saturated heterocycles. The molecule has 2 heterocycles. The summed E-state index contributed by atoms with van der Waals surface area (Å²) in [5.74, 6) is -0.716. The fraction of sp³-hybridized carbons (Fsp3) is 0.240. The third-order valence-corrected chi connectivity index (χ3v) is 6.54. The number of ether oxygens (including phenoxy) is 2. The molecule has 0 bridgehead atoms. The molecule has 4 rings (SSSR count). The Kier molecular flexibility index (Phi) is 6.46. The number of aryl methyl sites for hydroxylation is 2. The summed E-state index contributed by atoms with van der Waals surface area (Å²) >= 11 is 1.31. The van der Waals surface area contributed by atoms with Crippen molar-refractivity contribution in [3.05, 3.63) is 70.1 Å². The Balaban J connectivity index is 1.33. The summed E-state index contributed by atoms with van der Waals surface area (Å²) in [7, 11) is 0. The van der Waals surface area contributed by atoms with Gasteiger partial charge in [-0.25, -0.2) is 4.79 Å². The van der Waals surface area contributed by atoms with Crippen molar-refractivity contribution in [1.82, 2.24) is 5.32 Å². The van der Waals surface area contributed by atoms with Crippen LogP contribution in [-0.4, -0.2) is 30.4 Å². The van der Waals surface area contributed by atoms with E-state index in [-0.39, 0.29) is 12.5 Å². The fourth-order valence-corrected chi connectivity index (χ4v) is 4.66. The van der Waals surface area contributed by atoms with Gasteiger partial charge in [0.25, 0.3) is 5.91 Å². The van der Waals surface area contributed by atoms with E-state index in [4.69, 9.17) is 9.47 Å². The van der Waals surface area contributed by atoms with Gasteiger partial charge in [0.2, 0.25) is 5.91 Å². The number of amides is 2. The molecule has 1 aliphatic heterocycles. The first kappa shape index (κ1) is 22.5. The maximum absolute atomic E-state index is 12.6. The van der Waals surface area contributed by atoms with Crippen LogP contribution in [0.15, 0.2) is 48.5 Å². The van der Waals surface area contributed by atoms with Gasteiger partial charge in [-0.2, -0.15) is 0 Å². The molecule has 2 aromatic carbocycles. The van der Waals surface area contributed by atoms with Crippen LogP contribution in [0, 0.1) is 13.8 Å². The van der Waals surface area contributed by atoms with Crippen LogP contribution >= 0.6 is 11.3 Å². The Hall–Kier alpha value is -3.65. The second-order valence-corrected chi connectivity index (χ2v) is 8.88. The van der Waals surface area contributed by atoms with Crippen molar-refractivity contribution in [2.75, 3.05) is 11.9 Å². The summed E-state index contributed by atoms with van der Waals surface area (Å²) in [6, 6.07) is 15.1. The fourth-order valence-electron chi connectivity index (χ4n) is 3.58. The minimum atomic E-state index is -1.05. The maximum Gasteiger partial charge on any atom is 0.349 e. The first-order chi connectivity index (χ1) is 15.8. The smallest absolute Gasteiger partial charge is 0.349 e. The van der Waals surface area contributed by atoms with Gasteiger partial charge in [-0.15, -0.1) is 11.3 Å². The Morgan fingerprint density at radius 3 is 2.58 bits per heavy atom. The number of carbonyl (C=O) groups excluding carboxylic acids is 3. The van der Waals surface area contributed by atoms with Crippen molar-refractivity contribution in [3.63, 3.8) is 0 Å². The van der Waals surface area contributed by atoms with Crippen LogP contribution in [-0.2, 0) is 20.9 Å². The third-order valence-electron chi connectivity index (χ3n) is 5.35. The van der Waals surface area contributed by atoms with Crippen LogP contribution in [0.1, 0.15) is 33.3 Å². The van der Waals surface area contributed by atoms with E-state index in [1.807, 2.05) is 56.3 Å². The van der Waals surface area contributed by atoms with E-state index in [9.17, 15) is 14.4 Å². The van der Waals surface area contributed by atoms with Crippen molar-refractivity contribution in [2.24, 2.45) is 0 Å². The lowest BCUT2D eigenvalue weighted by Gasteiger charge is -2.16. The van der Waals surface area contributed by atoms with Crippen LogP contribution in [0.4, 0.5) is 5.69 Å². The van der Waals surface area contributed by atoms with Gasteiger partial charge in [-0.1, -0.05) is 30.3 Å². The number of hydrogen-bond acceptors (Lipinski definition) is 6. The number of carbonyl (C=O) groups is 3. The normalized spacial score (nSPS) is 12.6. The number of benzene rings is 2. The number of nitrogens with one attached hydrogen (secondary N) is 2. The molecule has 1 aromatic heterocycles. The number of para-hydroxylation sites is 2. The van der Waals surface area contributed by atoms with E-state index in [2.05, 4.69) is 10.6 Å². The van der Waals surface area contributed by atoms with Crippen molar-refractivity contribution < 1.29 is 23.9 Å². The average molecular weight is 465 g/mol. The van der Waals surface area contributed by atoms with E-state index >= 15 is 0 Å². The SMILES string of the molecule is Cc1cccc(C)c1NC(=O)CNC(=O)C(C)OC(=O)c1cc2c(s1)-c1ccccc1OC2. The Bertz CT molecular complexity index is 1210. The van der Waals surface area contributed by atoms with E-state index in [0.29, 0.717) is 11.5 Å². The first-order valence-electron chi connectivity index (χ1n) is 10.5. The number of thiophene rings is 1. The van der Waals surface area contributed by atoms with Gasteiger partial charge in [-0.3, -0.25) is 9.59 Å². The van der Waals surface area contributed by atoms with E-state index in [1.165, 1.54) is 18.3 Å². The minimum absolute atomic E-state index is 0.226. The number of hydrogen-bond donors (Lipinski definition) is 2. The highest BCUT2D eigenvalue weighted by Crippen LogP contribution is 2.42. The highest BCUT2D eigenvalue weighted by atomic mass is 32.1. The zero-order valence-electron chi connectivity index (χ0n) is 18.6. The molecule has 0 radical (unpaired) electrons. The van der Waals surface area contributed by atoms with E-state index in [0.717, 1.165) is 38.6 Å². The number of fused-ring (bicyclic) bond motifs is 3. The van der Waals surface area contributed by atoms with Crippen LogP contribution < -0.4 is 15.4 Å². The first-order valence-corrected chi connectivity index (χ1v) is 11.3. The summed E-state index contributed by atoms with van der Waals surface area (Å²) in [6.07, 6.45) is -1.05. The Morgan fingerprint density at radius 2 is 1.82 bits per heavy atom. The zero-order valence-corrected chi connectivity index (χ0v) is 19.4. The lowest BCUT2D eigenvalue weighted by Crippen LogP contribution is -2.40. The quantitative estimate of drug-likeness (QED) is 0.533. The number of esters is 1. The molecule has 3 aromatic rings.